The van der Waals surface area contributed by atoms with Crippen molar-refractivity contribution in [3.05, 3.63) is 93.1 Å². The number of nitrogens with zero attached hydrogens (tertiary/aromatic N) is 1. The van der Waals surface area contributed by atoms with Crippen molar-refractivity contribution in [1.29, 1.82) is 0 Å². The molecule has 3 rings (SSSR count). The van der Waals surface area contributed by atoms with Gasteiger partial charge in [-0.25, -0.2) is 8.42 Å². The molecular formula is C24H25IN2O3S. The smallest absolute Gasteiger partial charge is 0.264 e. The number of carbonyl (C=O) groups excluding carboxylic acids is 1. The Labute approximate surface area is 197 Å². The second-order valence-electron chi connectivity index (χ2n) is 7.43. The zero-order valence-corrected chi connectivity index (χ0v) is 20.6. The van der Waals surface area contributed by atoms with Crippen molar-refractivity contribution in [3.63, 3.8) is 0 Å². The van der Waals surface area contributed by atoms with Crippen LogP contribution in [-0.2, 0) is 14.8 Å². The van der Waals surface area contributed by atoms with E-state index in [2.05, 4.69) is 27.9 Å². The highest BCUT2D eigenvalue weighted by Crippen LogP contribution is 2.25. The lowest BCUT2D eigenvalue weighted by atomic mass is 10.0. The van der Waals surface area contributed by atoms with Gasteiger partial charge in [0, 0.05) is 3.57 Å². The summed E-state index contributed by atoms with van der Waals surface area (Å²) in [5, 5.41) is 2.93. The Balaban J connectivity index is 1.87. The monoisotopic (exact) mass is 548 g/mol. The first-order valence-corrected chi connectivity index (χ1v) is 12.4. The van der Waals surface area contributed by atoms with Gasteiger partial charge in [-0.3, -0.25) is 9.10 Å². The molecule has 7 heteroatoms. The SMILES string of the molecule is Cc1ccc(C(C)NC(=O)CN(c2ccc(I)cc2)S(=O)(=O)c2ccccc2)cc1C. The van der Waals surface area contributed by atoms with E-state index in [1.807, 2.05) is 51.1 Å². The summed E-state index contributed by atoms with van der Waals surface area (Å²) in [4.78, 5) is 13.0. The third-order valence-electron chi connectivity index (χ3n) is 5.14. The molecule has 162 valence electrons. The topological polar surface area (TPSA) is 66.5 Å². The predicted octanol–water partition coefficient (Wildman–Crippen LogP) is 4.98. The number of carbonyl (C=O) groups is 1. The van der Waals surface area contributed by atoms with Crippen LogP contribution in [0.4, 0.5) is 5.69 Å². The zero-order chi connectivity index (χ0) is 22.6. The minimum absolute atomic E-state index is 0.142. The maximum atomic E-state index is 13.3. The number of hydrogen-bond acceptors (Lipinski definition) is 3. The Bertz CT molecular complexity index is 1160. The van der Waals surface area contributed by atoms with E-state index in [-0.39, 0.29) is 23.4 Å². The van der Waals surface area contributed by atoms with Gasteiger partial charge >= 0.3 is 0 Å². The van der Waals surface area contributed by atoms with E-state index >= 15 is 0 Å². The molecule has 0 aliphatic carbocycles. The molecule has 1 amide bonds. The van der Waals surface area contributed by atoms with Gasteiger partial charge in [-0.15, -0.1) is 0 Å². The van der Waals surface area contributed by atoms with Gasteiger partial charge in [0.15, 0.2) is 0 Å². The lowest BCUT2D eigenvalue weighted by Crippen LogP contribution is -2.41. The fourth-order valence-corrected chi connectivity index (χ4v) is 4.98. The molecule has 3 aromatic rings. The van der Waals surface area contributed by atoms with Crippen LogP contribution < -0.4 is 9.62 Å². The fourth-order valence-electron chi connectivity index (χ4n) is 3.18. The largest absolute Gasteiger partial charge is 0.348 e. The van der Waals surface area contributed by atoms with Crippen molar-refractivity contribution in [1.82, 2.24) is 5.32 Å². The highest BCUT2D eigenvalue weighted by molar-refractivity contribution is 14.1. The molecule has 0 saturated heterocycles. The Morgan fingerprint density at radius 3 is 2.23 bits per heavy atom. The Kier molecular flexibility index (Phi) is 7.38. The van der Waals surface area contributed by atoms with Crippen LogP contribution in [-0.4, -0.2) is 20.9 Å². The summed E-state index contributed by atoms with van der Waals surface area (Å²) in [6, 6.07) is 21.0. The highest BCUT2D eigenvalue weighted by atomic mass is 127. The average Bonchev–Trinajstić information content (AvgIpc) is 2.75. The van der Waals surface area contributed by atoms with Gasteiger partial charge < -0.3 is 5.32 Å². The minimum atomic E-state index is -3.90. The van der Waals surface area contributed by atoms with Gasteiger partial charge in [0.25, 0.3) is 10.0 Å². The van der Waals surface area contributed by atoms with Crippen LogP contribution >= 0.6 is 22.6 Å². The first-order chi connectivity index (χ1) is 14.7. The third-order valence-corrected chi connectivity index (χ3v) is 7.65. The molecule has 0 radical (unpaired) electrons. The third kappa shape index (κ3) is 5.65. The van der Waals surface area contributed by atoms with Crippen molar-refractivity contribution in [3.8, 4) is 0 Å². The van der Waals surface area contributed by atoms with Crippen molar-refractivity contribution < 1.29 is 13.2 Å². The minimum Gasteiger partial charge on any atom is -0.348 e. The lowest BCUT2D eigenvalue weighted by Gasteiger charge is -2.25. The van der Waals surface area contributed by atoms with Crippen LogP contribution in [0.1, 0.15) is 29.7 Å². The quantitative estimate of drug-likeness (QED) is 0.424. The number of sulfonamides is 1. The summed E-state index contributed by atoms with van der Waals surface area (Å²) in [7, 11) is -3.90. The number of amides is 1. The molecule has 0 aliphatic heterocycles. The highest BCUT2D eigenvalue weighted by Gasteiger charge is 2.27. The molecule has 0 aliphatic rings. The molecule has 0 aromatic heterocycles. The number of aryl methyl sites for hydroxylation is 2. The second-order valence-corrected chi connectivity index (χ2v) is 10.5. The van der Waals surface area contributed by atoms with Gasteiger partial charge in [0.2, 0.25) is 5.91 Å². The summed E-state index contributed by atoms with van der Waals surface area (Å²) in [6.07, 6.45) is 0. The number of nitrogens with one attached hydrogen (secondary N) is 1. The number of hydrogen-bond donors (Lipinski definition) is 1. The maximum Gasteiger partial charge on any atom is 0.264 e. The summed E-state index contributed by atoms with van der Waals surface area (Å²) in [5.41, 5.74) is 3.74. The standard InChI is InChI=1S/C24H25IN2O3S/c1-17-9-10-20(15-18(17)2)19(3)26-24(28)16-27(22-13-11-21(25)12-14-22)31(29,30)23-7-5-4-6-8-23/h4-15,19H,16H2,1-3H3,(H,26,28). The molecule has 5 nitrogen and oxygen atoms in total. The molecule has 0 saturated carbocycles. The first-order valence-electron chi connectivity index (χ1n) is 9.88. The molecule has 1 atom stereocenters. The predicted molar refractivity (Wildman–Crippen MR) is 133 cm³/mol. The molecule has 31 heavy (non-hydrogen) atoms. The number of benzene rings is 3. The molecule has 1 unspecified atom stereocenters. The van der Waals surface area contributed by atoms with Crippen LogP contribution in [0.2, 0.25) is 0 Å². The summed E-state index contributed by atoms with van der Waals surface area (Å²) in [6.45, 7) is 5.64. The molecule has 1 N–H and O–H groups in total. The van der Waals surface area contributed by atoms with Crippen molar-refractivity contribution in [2.75, 3.05) is 10.8 Å². The molecule has 3 aromatic carbocycles. The van der Waals surface area contributed by atoms with Gasteiger partial charge in [-0.1, -0.05) is 36.4 Å². The fraction of sp³-hybridized carbons (Fsp3) is 0.208. The van der Waals surface area contributed by atoms with E-state index < -0.39 is 10.0 Å². The number of anilines is 1. The van der Waals surface area contributed by atoms with E-state index in [1.165, 1.54) is 17.7 Å². The summed E-state index contributed by atoms with van der Waals surface area (Å²) in [5.74, 6) is -0.371. The van der Waals surface area contributed by atoms with E-state index in [0.29, 0.717) is 5.69 Å². The van der Waals surface area contributed by atoms with Gasteiger partial charge in [0.1, 0.15) is 6.54 Å². The Morgan fingerprint density at radius 1 is 0.968 bits per heavy atom. The molecule has 0 fully saturated rings. The molecular weight excluding hydrogens is 523 g/mol. The second kappa shape index (κ2) is 9.82. The normalized spacial score (nSPS) is 12.3. The van der Waals surface area contributed by atoms with E-state index in [1.54, 1.807) is 30.3 Å². The van der Waals surface area contributed by atoms with Crippen LogP contribution in [0.3, 0.4) is 0 Å². The molecule has 0 heterocycles. The number of halogens is 1. The van der Waals surface area contributed by atoms with E-state index in [4.69, 9.17) is 0 Å². The van der Waals surface area contributed by atoms with Crippen molar-refractivity contribution in [2.45, 2.75) is 31.7 Å². The van der Waals surface area contributed by atoms with E-state index in [0.717, 1.165) is 19.0 Å². The van der Waals surface area contributed by atoms with Crippen LogP contribution in [0.5, 0.6) is 0 Å². The summed E-state index contributed by atoms with van der Waals surface area (Å²) < 4.78 is 28.8. The number of rotatable bonds is 7. The zero-order valence-electron chi connectivity index (χ0n) is 17.7. The van der Waals surface area contributed by atoms with Gasteiger partial charge in [0.05, 0.1) is 16.6 Å². The van der Waals surface area contributed by atoms with Crippen LogP contribution in [0.25, 0.3) is 0 Å². The Hall–Kier alpha value is -2.39. The molecule has 0 spiro atoms. The first kappa shape index (κ1) is 23.3. The van der Waals surface area contributed by atoms with Gasteiger partial charge in [-0.2, -0.15) is 0 Å². The molecule has 0 bridgehead atoms. The van der Waals surface area contributed by atoms with Crippen LogP contribution in [0, 0.1) is 17.4 Å². The van der Waals surface area contributed by atoms with Crippen molar-refractivity contribution in [2.24, 2.45) is 0 Å². The summed E-state index contributed by atoms with van der Waals surface area (Å²) >= 11 is 2.16. The lowest BCUT2D eigenvalue weighted by molar-refractivity contribution is -0.120. The van der Waals surface area contributed by atoms with Crippen LogP contribution in [0.15, 0.2) is 77.7 Å². The van der Waals surface area contributed by atoms with Crippen molar-refractivity contribution >= 4 is 44.2 Å². The van der Waals surface area contributed by atoms with E-state index in [9.17, 15) is 13.2 Å². The Morgan fingerprint density at radius 2 is 1.61 bits per heavy atom. The maximum absolute atomic E-state index is 13.3. The average molecular weight is 548 g/mol. The van der Waals surface area contributed by atoms with Gasteiger partial charge in [-0.05, 0) is 96.5 Å².